The van der Waals surface area contributed by atoms with Gasteiger partial charge in [0.25, 0.3) is 0 Å². The van der Waals surface area contributed by atoms with Crippen molar-refractivity contribution in [1.29, 1.82) is 0 Å². The smallest absolute Gasteiger partial charge is 0.143 e. The van der Waals surface area contributed by atoms with Crippen LogP contribution < -0.4 is 0 Å². The van der Waals surface area contributed by atoms with Gasteiger partial charge < -0.3 is 0 Å². The molecule has 0 saturated carbocycles. The molecule has 4 nitrogen and oxygen atoms in total. The first-order chi connectivity index (χ1) is 10.3. The number of hydrogen-bond donors (Lipinski definition) is 0. The molecule has 0 bridgehead atoms. The van der Waals surface area contributed by atoms with Crippen LogP contribution >= 0.6 is 11.5 Å². The van der Waals surface area contributed by atoms with E-state index in [9.17, 15) is 0 Å². The van der Waals surface area contributed by atoms with Gasteiger partial charge in [0.05, 0.1) is 11.9 Å². The predicted octanol–water partition coefficient (Wildman–Crippen LogP) is 3.83. The highest BCUT2D eigenvalue weighted by Gasteiger charge is 2.08. The summed E-state index contributed by atoms with van der Waals surface area (Å²) >= 11 is 1.39. The van der Waals surface area contributed by atoms with Gasteiger partial charge in [-0.25, -0.2) is 9.97 Å². The Morgan fingerprint density at radius 2 is 2.00 bits per heavy atom. The van der Waals surface area contributed by atoms with Crippen molar-refractivity contribution in [2.24, 2.45) is 0 Å². The minimum absolute atomic E-state index is 0.914. The molecule has 0 radical (unpaired) electrons. The Morgan fingerprint density at radius 3 is 2.81 bits per heavy atom. The number of nitrogens with zero attached hydrogens (tertiary/aromatic N) is 4. The zero-order chi connectivity index (χ0) is 14.2. The standard InChI is InChI=1S/C16H12N4S/c1-11-3-2-4-12(7-11)14-9-17-15-8-13(5-6-20(14)15)16-18-10-19-21-16/h2-10H,1H3. The molecule has 0 aliphatic rings. The Kier molecular flexibility index (Phi) is 2.79. The Bertz CT molecular complexity index is 909. The van der Waals surface area contributed by atoms with E-state index in [-0.39, 0.29) is 0 Å². The number of benzene rings is 1. The van der Waals surface area contributed by atoms with Crippen LogP contribution in [0.15, 0.2) is 55.1 Å². The molecule has 3 heterocycles. The molecule has 0 amide bonds. The lowest BCUT2D eigenvalue weighted by molar-refractivity contribution is 1.19. The fraction of sp³-hybridized carbons (Fsp3) is 0.0625. The molecule has 1 aromatic carbocycles. The topological polar surface area (TPSA) is 43.1 Å². The number of aromatic nitrogens is 4. The first kappa shape index (κ1) is 12.2. The van der Waals surface area contributed by atoms with Crippen LogP contribution in [-0.4, -0.2) is 18.7 Å². The molecule has 102 valence electrons. The van der Waals surface area contributed by atoms with Crippen molar-refractivity contribution >= 4 is 17.2 Å². The maximum Gasteiger partial charge on any atom is 0.143 e. The van der Waals surface area contributed by atoms with Crippen LogP contribution in [0.4, 0.5) is 0 Å². The van der Waals surface area contributed by atoms with E-state index < -0.39 is 0 Å². The summed E-state index contributed by atoms with van der Waals surface area (Å²) in [5.41, 5.74) is 5.47. The largest absolute Gasteiger partial charge is 0.300 e. The Morgan fingerprint density at radius 1 is 1.05 bits per heavy atom. The highest BCUT2D eigenvalue weighted by Crippen LogP contribution is 2.25. The minimum atomic E-state index is 0.914. The quantitative estimate of drug-likeness (QED) is 0.564. The van der Waals surface area contributed by atoms with E-state index in [0.717, 1.165) is 21.9 Å². The molecule has 0 saturated heterocycles. The van der Waals surface area contributed by atoms with Gasteiger partial charge >= 0.3 is 0 Å². The van der Waals surface area contributed by atoms with Crippen molar-refractivity contribution in [1.82, 2.24) is 18.7 Å². The van der Waals surface area contributed by atoms with E-state index in [2.05, 4.69) is 56.0 Å². The fourth-order valence-corrected chi connectivity index (χ4v) is 2.95. The number of imidazole rings is 1. The molecule has 3 aromatic heterocycles. The van der Waals surface area contributed by atoms with Gasteiger partial charge in [-0.05, 0) is 36.7 Å². The van der Waals surface area contributed by atoms with E-state index in [1.54, 1.807) is 6.33 Å². The Labute approximate surface area is 125 Å². The third-order valence-corrected chi connectivity index (χ3v) is 4.15. The van der Waals surface area contributed by atoms with Crippen LogP contribution in [0, 0.1) is 6.92 Å². The maximum atomic E-state index is 4.51. The van der Waals surface area contributed by atoms with Gasteiger partial charge in [-0.2, -0.15) is 4.37 Å². The second-order valence-electron chi connectivity index (χ2n) is 4.90. The zero-order valence-electron chi connectivity index (χ0n) is 11.4. The van der Waals surface area contributed by atoms with Gasteiger partial charge in [-0.3, -0.25) is 4.40 Å². The highest BCUT2D eigenvalue weighted by atomic mass is 32.1. The van der Waals surface area contributed by atoms with Crippen LogP contribution in [0.3, 0.4) is 0 Å². The fourth-order valence-electron chi connectivity index (χ4n) is 2.43. The molecule has 0 atom stereocenters. The summed E-state index contributed by atoms with van der Waals surface area (Å²) in [5, 5.41) is 0.914. The van der Waals surface area contributed by atoms with E-state index in [0.29, 0.717) is 0 Å². The van der Waals surface area contributed by atoms with Gasteiger partial charge in [-0.1, -0.05) is 23.8 Å². The van der Waals surface area contributed by atoms with E-state index in [1.165, 1.54) is 22.7 Å². The lowest BCUT2D eigenvalue weighted by Crippen LogP contribution is -1.89. The van der Waals surface area contributed by atoms with Crippen molar-refractivity contribution in [2.45, 2.75) is 6.92 Å². The van der Waals surface area contributed by atoms with E-state index >= 15 is 0 Å². The molecule has 4 aromatic rings. The molecule has 0 aliphatic heterocycles. The molecule has 0 N–H and O–H groups in total. The molecule has 0 unspecified atom stereocenters. The van der Waals surface area contributed by atoms with Crippen LogP contribution in [-0.2, 0) is 0 Å². The summed E-state index contributed by atoms with van der Waals surface area (Å²) in [4.78, 5) is 8.75. The zero-order valence-corrected chi connectivity index (χ0v) is 12.2. The van der Waals surface area contributed by atoms with Crippen molar-refractivity contribution in [3.63, 3.8) is 0 Å². The maximum absolute atomic E-state index is 4.51. The van der Waals surface area contributed by atoms with Gasteiger partial charge in [0.1, 0.15) is 17.0 Å². The lowest BCUT2D eigenvalue weighted by atomic mass is 10.1. The molecular formula is C16H12N4S. The van der Waals surface area contributed by atoms with Crippen LogP contribution in [0.5, 0.6) is 0 Å². The van der Waals surface area contributed by atoms with Gasteiger partial charge in [-0.15, -0.1) is 0 Å². The number of rotatable bonds is 2. The highest BCUT2D eigenvalue weighted by molar-refractivity contribution is 7.09. The molecule has 5 heteroatoms. The Balaban J connectivity index is 1.86. The van der Waals surface area contributed by atoms with Crippen molar-refractivity contribution in [2.75, 3.05) is 0 Å². The summed E-state index contributed by atoms with van der Waals surface area (Å²) in [6.07, 6.45) is 5.53. The molecule has 0 spiro atoms. The molecule has 0 fully saturated rings. The third kappa shape index (κ3) is 2.11. The molecule has 4 rings (SSSR count). The van der Waals surface area contributed by atoms with Gasteiger partial charge in [0, 0.05) is 17.3 Å². The summed E-state index contributed by atoms with van der Waals surface area (Å²) in [6, 6.07) is 12.5. The normalized spacial score (nSPS) is 11.1. The van der Waals surface area contributed by atoms with E-state index in [1.807, 2.05) is 18.5 Å². The average molecular weight is 292 g/mol. The van der Waals surface area contributed by atoms with E-state index in [4.69, 9.17) is 0 Å². The number of pyridine rings is 1. The van der Waals surface area contributed by atoms with Gasteiger partial charge in [0.15, 0.2) is 0 Å². The summed E-state index contributed by atoms with van der Waals surface area (Å²) in [6.45, 7) is 2.10. The third-order valence-electron chi connectivity index (χ3n) is 3.44. The van der Waals surface area contributed by atoms with Crippen LogP contribution in [0.1, 0.15) is 5.56 Å². The summed E-state index contributed by atoms with van der Waals surface area (Å²) in [7, 11) is 0. The summed E-state index contributed by atoms with van der Waals surface area (Å²) in [5.74, 6) is 0. The second-order valence-corrected chi connectivity index (χ2v) is 5.68. The second kappa shape index (κ2) is 4.79. The monoisotopic (exact) mass is 292 g/mol. The molecular weight excluding hydrogens is 280 g/mol. The van der Waals surface area contributed by atoms with Gasteiger partial charge in [0.2, 0.25) is 0 Å². The number of fused-ring (bicyclic) bond motifs is 1. The van der Waals surface area contributed by atoms with Crippen molar-refractivity contribution < 1.29 is 0 Å². The molecule has 21 heavy (non-hydrogen) atoms. The first-order valence-electron chi connectivity index (χ1n) is 6.62. The van der Waals surface area contributed by atoms with Crippen LogP contribution in [0.25, 0.3) is 27.5 Å². The summed E-state index contributed by atoms with van der Waals surface area (Å²) < 4.78 is 6.14. The SMILES string of the molecule is Cc1cccc(-c2cnc3cc(-c4ncns4)ccn23)c1. The minimum Gasteiger partial charge on any atom is -0.300 e. The van der Waals surface area contributed by atoms with Crippen molar-refractivity contribution in [3.05, 3.63) is 60.7 Å². The number of aryl methyl sites for hydroxylation is 1. The Hall–Kier alpha value is -2.53. The average Bonchev–Trinajstić information content (AvgIpc) is 3.16. The van der Waals surface area contributed by atoms with Crippen molar-refractivity contribution in [3.8, 4) is 21.8 Å². The lowest BCUT2D eigenvalue weighted by Gasteiger charge is -2.04. The number of hydrogen-bond acceptors (Lipinski definition) is 4. The molecule has 0 aliphatic carbocycles. The van der Waals surface area contributed by atoms with Crippen LogP contribution in [0.2, 0.25) is 0 Å². The first-order valence-corrected chi connectivity index (χ1v) is 7.40. The predicted molar refractivity (Wildman–Crippen MR) is 84.3 cm³/mol.